The molecule has 0 unspecified atom stereocenters. The number of nitrogens with zero attached hydrogens (tertiary/aromatic N) is 1. The van der Waals surface area contributed by atoms with Gasteiger partial charge in [-0.2, -0.15) is 0 Å². The fraction of sp³-hybridized carbons (Fsp3) is 0.133. The maximum Gasteiger partial charge on any atom is 0.335 e. The van der Waals surface area contributed by atoms with E-state index in [1.807, 2.05) is 30.3 Å². The molecule has 0 bridgehead atoms. The summed E-state index contributed by atoms with van der Waals surface area (Å²) in [5.74, 6) is -3.14. The van der Waals surface area contributed by atoms with E-state index in [4.69, 9.17) is 5.11 Å². The first-order valence-corrected chi connectivity index (χ1v) is 5.96. The Balaban J connectivity index is 2.30. The summed E-state index contributed by atoms with van der Waals surface area (Å²) in [5, 5.41) is 8.75. The van der Waals surface area contributed by atoms with Crippen molar-refractivity contribution in [3.05, 3.63) is 65.2 Å². The van der Waals surface area contributed by atoms with E-state index in [1.54, 1.807) is 7.05 Å². The minimum Gasteiger partial charge on any atom is -0.478 e. The second-order valence-corrected chi connectivity index (χ2v) is 4.44. The van der Waals surface area contributed by atoms with Gasteiger partial charge >= 0.3 is 5.97 Å². The Bertz CT molecular complexity index is 606. The van der Waals surface area contributed by atoms with Crippen molar-refractivity contribution in [3.8, 4) is 0 Å². The Kier molecular flexibility index (Phi) is 3.98. The topological polar surface area (TPSA) is 40.5 Å². The average Bonchev–Trinajstić information content (AvgIpc) is 2.38. The van der Waals surface area contributed by atoms with Crippen molar-refractivity contribution in [1.29, 1.82) is 0 Å². The van der Waals surface area contributed by atoms with E-state index >= 15 is 0 Å². The lowest BCUT2D eigenvalue weighted by molar-refractivity contribution is 0.0695. The van der Waals surface area contributed by atoms with E-state index in [0.29, 0.717) is 6.54 Å². The van der Waals surface area contributed by atoms with E-state index < -0.39 is 23.2 Å². The van der Waals surface area contributed by atoms with Crippen LogP contribution >= 0.6 is 0 Å². The van der Waals surface area contributed by atoms with Gasteiger partial charge in [-0.3, -0.25) is 0 Å². The smallest absolute Gasteiger partial charge is 0.335 e. The quantitative estimate of drug-likeness (QED) is 0.932. The monoisotopic (exact) mass is 277 g/mol. The lowest BCUT2D eigenvalue weighted by atomic mass is 10.1. The number of benzene rings is 2. The molecule has 0 aliphatic heterocycles. The predicted molar refractivity (Wildman–Crippen MR) is 71.9 cm³/mol. The van der Waals surface area contributed by atoms with Crippen molar-refractivity contribution in [2.24, 2.45) is 0 Å². The zero-order valence-electron chi connectivity index (χ0n) is 10.8. The number of anilines is 1. The van der Waals surface area contributed by atoms with Gasteiger partial charge in [-0.25, -0.2) is 13.6 Å². The Morgan fingerprint density at radius 3 is 2.20 bits per heavy atom. The number of carbonyl (C=O) groups is 1. The number of hydrogen-bond donors (Lipinski definition) is 1. The van der Waals surface area contributed by atoms with Crippen LogP contribution in [0.4, 0.5) is 14.5 Å². The zero-order valence-corrected chi connectivity index (χ0v) is 10.8. The fourth-order valence-electron chi connectivity index (χ4n) is 1.99. The van der Waals surface area contributed by atoms with E-state index in [9.17, 15) is 13.6 Å². The third-order valence-electron chi connectivity index (χ3n) is 2.91. The molecule has 104 valence electrons. The summed E-state index contributed by atoms with van der Waals surface area (Å²) in [6.45, 7) is 0.321. The van der Waals surface area contributed by atoms with Crippen molar-refractivity contribution in [1.82, 2.24) is 0 Å². The minimum absolute atomic E-state index is 0.237. The SMILES string of the molecule is CN(Cc1ccccc1)c1c(F)cc(C(=O)O)cc1F. The maximum atomic E-state index is 13.9. The molecule has 1 N–H and O–H groups in total. The highest BCUT2D eigenvalue weighted by Crippen LogP contribution is 2.25. The zero-order chi connectivity index (χ0) is 14.7. The number of aromatic carboxylic acids is 1. The Labute approximate surface area is 115 Å². The Morgan fingerprint density at radius 2 is 1.70 bits per heavy atom. The van der Waals surface area contributed by atoms with Crippen LogP contribution in [0.15, 0.2) is 42.5 Å². The van der Waals surface area contributed by atoms with Gasteiger partial charge in [0.1, 0.15) is 17.3 Å². The van der Waals surface area contributed by atoms with Crippen LogP contribution in [0.1, 0.15) is 15.9 Å². The van der Waals surface area contributed by atoms with Crippen LogP contribution in [-0.4, -0.2) is 18.1 Å². The predicted octanol–water partition coefficient (Wildman–Crippen LogP) is 3.30. The van der Waals surface area contributed by atoms with E-state index in [2.05, 4.69) is 0 Å². The number of halogens is 2. The van der Waals surface area contributed by atoms with Gasteiger partial charge in [0.05, 0.1) is 5.56 Å². The molecule has 5 heteroatoms. The molecule has 2 aromatic rings. The molecule has 0 radical (unpaired) electrons. The summed E-state index contributed by atoms with van der Waals surface area (Å²) >= 11 is 0. The molecular weight excluding hydrogens is 264 g/mol. The normalized spacial score (nSPS) is 10.3. The molecule has 0 fully saturated rings. The van der Waals surface area contributed by atoms with E-state index in [-0.39, 0.29) is 5.69 Å². The first-order chi connectivity index (χ1) is 9.49. The highest BCUT2D eigenvalue weighted by atomic mass is 19.1. The minimum atomic E-state index is -1.36. The van der Waals surface area contributed by atoms with Gasteiger partial charge in [0.2, 0.25) is 0 Å². The number of rotatable bonds is 4. The van der Waals surface area contributed by atoms with Crippen LogP contribution in [0.3, 0.4) is 0 Å². The van der Waals surface area contributed by atoms with E-state index in [0.717, 1.165) is 17.7 Å². The van der Waals surface area contributed by atoms with Gasteiger partial charge < -0.3 is 10.0 Å². The molecule has 0 heterocycles. The van der Waals surface area contributed by atoms with Crippen molar-refractivity contribution < 1.29 is 18.7 Å². The Morgan fingerprint density at radius 1 is 1.15 bits per heavy atom. The summed E-state index contributed by atoms with van der Waals surface area (Å²) in [5.41, 5.74) is 0.256. The molecule has 0 spiro atoms. The maximum absolute atomic E-state index is 13.9. The van der Waals surface area contributed by atoms with Crippen molar-refractivity contribution in [3.63, 3.8) is 0 Å². The average molecular weight is 277 g/mol. The molecule has 0 aromatic heterocycles. The molecule has 0 atom stereocenters. The molecule has 0 saturated carbocycles. The molecule has 0 aliphatic rings. The largest absolute Gasteiger partial charge is 0.478 e. The van der Waals surface area contributed by atoms with Gasteiger partial charge in [-0.05, 0) is 17.7 Å². The van der Waals surface area contributed by atoms with Gasteiger partial charge in [-0.15, -0.1) is 0 Å². The van der Waals surface area contributed by atoms with Crippen molar-refractivity contribution >= 4 is 11.7 Å². The summed E-state index contributed by atoms with van der Waals surface area (Å²) < 4.78 is 27.8. The summed E-state index contributed by atoms with van der Waals surface area (Å²) in [6.07, 6.45) is 0. The van der Waals surface area contributed by atoms with Crippen LogP contribution < -0.4 is 4.90 Å². The van der Waals surface area contributed by atoms with Gasteiger partial charge in [0, 0.05) is 13.6 Å². The molecule has 0 amide bonds. The first kappa shape index (κ1) is 14.0. The summed E-state index contributed by atoms with van der Waals surface area (Å²) in [4.78, 5) is 12.1. The highest BCUT2D eigenvalue weighted by Gasteiger charge is 2.17. The third-order valence-corrected chi connectivity index (χ3v) is 2.91. The highest BCUT2D eigenvalue weighted by molar-refractivity contribution is 5.88. The van der Waals surface area contributed by atoms with Crippen LogP contribution in [0.25, 0.3) is 0 Å². The second-order valence-electron chi connectivity index (χ2n) is 4.44. The molecule has 20 heavy (non-hydrogen) atoms. The molecular formula is C15H13F2NO2. The standard InChI is InChI=1S/C15H13F2NO2/c1-18(9-10-5-3-2-4-6-10)14-12(16)7-11(15(19)20)8-13(14)17/h2-8H,9H2,1H3,(H,19,20). The lowest BCUT2D eigenvalue weighted by Crippen LogP contribution is -2.19. The Hall–Kier alpha value is -2.43. The molecule has 2 rings (SSSR count). The van der Waals surface area contributed by atoms with Crippen LogP contribution in [0, 0.1) is 11.6 Å². The number of carboxylic acid groups (broad SMARTS) is 1. The third kappa shape index (κ3) is 2.93. The van der Waals surface area contributed by atoms with Gasteiger partial charge in [-0.1, -0.05) is 30.3 Å². The van der Waals surface area contributed by atoms with Crippen molar-refractivity contribution in [2.45, 2.75) is 6.54 Å². The van der Waals surface area contributed by atoms with Gasteiger partial charge in [0.15, 0.2) is 0 Å². The molecule has 2 aromatic carbocycles. The molecule has 3 nitrogen and oxygen atoms in total. The van der Waals surface area contributed by atoms with Crippen molar-refractivity contribution in [2.75, 3.05) is 11.9 Å². The fourth-order valence-corrected chi connectivity index (χ4v) is 1.99. The van der Waals surface area contributed by atoms with E-state index in [1.165, 1.54) is 4.90 Å². The van der Waals surface area contributed by atoms with Crippen LogP contribution in [0.2, 0.25) is 0 Å². The second kappa shape index (κ2) is 5.69. The van der Waals surface area contributed by atoms with Crippen LogP contribution in [0.5, 0.6) is 0 Å². The summed E-state index contributed by atoms with van der Waals surface area (Å²) in [6, 6.07) is 10.9. The first-order valence-electron chi connectivity index (χ1n) is 5.96. The molecule has 0 saturated heterocycles. The number of hydrogen-bond acceptors (Lipinski definition) is 2. The lowest BCUT2D eigenvalue weighted by Gasteiger charge is -2.21. The molecule has 0 aliphatic carbocycles. The number of carboxylic acids is 1. The van der Waals surface area contributed by atoms with Gasteiger partial charge in [0.25, 0.3) is 0 Å². The summed E-state index contributed by atoms with van der Waals surface area (Å²) in [7, 11) is 1.55. The van der Waals surface area contributed by atoms with Crippen LogP contribution in [-0.2, 0) is 6.54 Å².